The number of carbonyl (C=O) groups is 2. The molecule has 4 nitrogen and oxygen atoms in total. The van der Waals surface area contributed by atoms with Crippen molar-refractivity contribution in [3.63, 3.8) is 0 Å². The van der Waals surface area contributed by atoms with E-state index >= 15 is 0 Å². The molecular weight excluding hydrogens is 348 g/mol. The minimum atomic E-state index is -0.125. The summed E-state index contributed by atoms with van der Waals surface area (Å²) in [6.07, 6.45) is 2.23. The van der Waals surface area contributed by atoms with Gasteiger partial charge < -0.3 is 10.2 Å². The van der Waals surface area contributed by atoms with Crippen LogP contribution in [0.2, 0.25) is 0 Å². The Bertz CT molecular complexity index is 830. The molecule has 1 N–H and O–H groups in total. The lowest BCUT2D eigenvalue weighted by Crippen LogP contribution is -2.29. The van der Waals surface area contributed by atoms with Crippen molar-refractivity contribution in [1.82, 2.24) is 5.32 Å². The average molecular weight is 379 g/mol. The number of nitrogens with one attached hydrogen (secondary N) is 1. The summed E-state index contributed by atoms with van der Waals surface area (Å²) >= 11 is 0. The molecular formula is C24H30N2O2. The molecule has 148 valence electrons. The zero-order valence-corrected chi connectivity index (χ0v) is 17.1. The first-order valence-electron chi connectivity index (χ1n) is 10.2. The number of hydrogen-bond acceptors (Lipinski definition) is 2. The maximum Gasteiger partial charge on any atom is 0.227 e. The molecule has 1 heterocycles. The van der Waals surface area contributed by atoms with E-state index in [-0.39, 0.29) is 17.7 Å². The largest absolute Gasteiger partial charge is 0.351 e. The van der Waals surface area contributed by atoms with E-state index in [1.807, 2.05) is 54.3 Å². The van der Waals surface area contributed by atoms with E-state index in [1.165, 1.54) is 5.56 Å². The number of hydrogen-bond donors (Lipinski definition) is 1. The minimum Gasteiger partial charge on any atom is -0.351 e. The van der Waals surface area contributed by atoms with Gasteiger partial charge in [-0.2, -0.15) is 0 Å². The summed E-state index contributed by atoms with van der Waals surface area (Å²) in [5.41, 5.74) is 4.35. The van der Waals surface area contributed by atoms with Gasteiger partial charge in [0.2, 0.25) is 11.8 Å². The number of carbonyl (C=O) groups excluding carboxylic acids is 2. The lowest BCUT2D eigenvalue weighted by molar-refractivity contribution is -0.123. The first-order chi connectivity index (χ1) is 13.5. The van der Waals surface area contributed by atoms with E-state index < -0.39 is 0 Å². The number of nitrogens with zero attached hydrogens (tertiary/aromatic N) is 1. The Hall–Kier alpha value is -2.62. The Labute approximate surface area is 167 Å². The lowest BCUT2D eigenvalue weighted by Gasteiger charge is -2.19. The van der Waals surface area contributed by atoms with Gasteiger partial charge in [0, 0.05) is 25.2 Å². The van der Waals surface area contributed by atoms with E-state index in [0.29, 0.717) is 18.9 Å². The Morgan fingerprint density at radius 3 is 2.54 bits per heavy atom. The van der Waals surface area contributed by atoms with Crippen molar-refractivity contribution in [2.24, 2.45) is 5.92 Å². The summed E-state index contributed by atoms with van der Waals surface area (Å²) < 4.78 is 0. The van der Waals surface area contributed by atoms with Crippen LogP contribution in [0.25, 0.3) is 0 Å². The third kappa shape index (κ3) is 4.61. The van der Waals surface area contributed by atoms with Crippen LogP contribution in [0.5, 0.6) is 0 Å². The molecule has 0 unspecified atom stereocenters. The second-order valence-corrected chi connectivity index (χ2v) is 7.95. The minimum absolute atomic E-state index is 0.0583. The highest BCUT2D eigenvalue weighted by Gasteiger charge is 2.25. The predicted molar refractivity (Wildman–Crippen MR) is 113 cm³/mol. The van der Waals surface area contributed by atoms with Crippen LogP contribution in [0.1, 0.15) is 56.2 Å². The van der Waals surface area contributed by atoms with Crippen molar-refractivity contribution in [2.45, 2.75) is 52.5 Å². The zero-order valence-electron chi connectivity index (χ0n) is 17.1. The highest BCUT2D eigenvalue weighted by atomic mass is 16.2. The molecule has 0 radical (unpaired) electrons. The Kier molecular flexibility index (Phi) is 6.50. The highest BCUT2D eigenvalue weighted by molar-refractivity contribution is 5.95. The molecule has 3 rings (SSSR count). The van der Waals surface area contributed by atoms with Crippen molar-refractivity contribution < 1.29 is 9.59 Å². The SMILES string of the molecule is CC[C@@H](C(=O)NCc1ccc2c(c1)CCN2C(=O)CC(C)C)c1ccccc1. The second kappa shape index (κ2) is 9.05. The molecule has 2 aromatic rings. The summed E-state index contributed by atoms with van der Waals surface area (Å²) in [6.45, 7) is 7.44. The number of anilines is 1. The first-order valence-corrected chi connectivity index (χ1v) is 10.2. The molecule has 4 heteroatoms. The third-order valence-corrected chi connectivity index (χ3v) is 5.32. The van der Waals surface area contributed by atoms with Crippen molar-refractivity contribution in [2.75, 3.05) is 11.4 Å². The van der Waals surface area contributed by atoms with E-state index in [0.717, 1.165) is 36.2 Å². The van der Waals surface area contributed by atoms with Gasteiger partial charge in [0.05, 0.1) is 5.92 Å². The summed E-state index contributed by atoms with van der Waals surface area (Å²) in [7, 11) is 0. The van der Waals surface area contributed by atoms with Crippen LogP contribution in [0, 0.1) is 5.92 Å². The van der Waals surface area contributed by atoms with E-state index in [4.69, 9.17) is 0 Å². The van der Waals surface area contributed by atoms with Gasteiger partial charge in [-0.3, -0.25) is 9.59 Å². The molecule has 2 amide bonds. The summed E-state index contributed by atoms with van der Waals surface area (Å²) in [6, 6.07) is 16.1. The normalized spacial score (nSPS) is 14.1. The van der Waals surface area contributed by atoms with Crippen molar-refractivity contribution in [3.05, 3.63) is 65.2 Å². The smallest absolute Gasteiger partial charge is 0.227 e. The van der Waals surface area contributed by atoms with Gasteiger partial charge in [0.1, 0.15) is 0 Å². The van der Waals surface area contributed by atoms with Crippen molar-refractivity contribution in [3.8, 4) is 0 Å². The third-order valence-electron chi connectivity index (χ3n) is 5.32. The monoisotopic (exact) mass is 378 g/mol. The van der Waals surface area contributed by atoms with E-state index in [2.05, 4.69) is 25.2 Å². The summed E-state index contributed by atoms with van der Waals surface area (Å²) in [5.74, 6) is 0.494. The molecule has 1 atom stereocenters. The van der Waals surface area contributed by atoms with E-state index in [1.54, 1.807) is 0 Å². The van der Waals surface area contributed by atoms with Gasteiger partial charge in [-0.1, -0.05) is 63.2 Å². The maximum atomic E-state index is 12.7. The van der Waals surface area contributed by atoms with Gasteiger partial charge in [0.25, 0.3) is 0 Å². The molecule has 0 spiro atoms. The van der Waals surface area contributed by atoms with Crippen molar-refractivity contribution in [1.29, 1.82) is 0 Å². The van der Waals surface area contributed by atoms with Gasteiger partial charge in [-0.05, 0) is 41.5 Å². The standard InChI is InChI=1S/C24H30N2O2/c1-4-21(19-8-6-5-7-9-19)24(28)25-16-18-10-11-22-20(15-18)12-13-26(22)23(27)14-17(2)3/h5-11,15,17,21H,4,12-14,16H2,1-3H3,(H,25,28)/t21-/m1/s1. The molecule has 0 aromatic heterocycles. The van der Waals surface area contributed by atoms with Gasteiger partial charge in [-0.25, -0.2) is 0 Å². The molecule has 0 aliphatic carbocycles. The van der Waals surface area contributed by atoms with Crippen LogP contribution < -0.4 is 10.2 Å². The topological polar surface area (TPSA) is 49.4 Å². The average Bonchev–Trinajstić information content (AvgIpc) is 3.10. The molecule has 0 saturated carbocycles. The predicted octanol–water partition coefficient (Wildman–Crippen LogP) is 4.43. The van der Waals surface area contributed by atoms with Crippen LogP contribution >= 0.6 is 0 Å². The number of benzene rings is 2. The molecule has 0 bridgehead atoms. The fourth-order valence-corrected chi connectivity index (χ4v) is 3.85. The summed E-state index contributed by atoms with van der Waals surface area (Å²) in [4.78, 5) is 27.0. The Morgan fingerprint density at radius 2 is 1.86 bits per heavy atom. The van der Waals surface area contributed by atoms with E-state index in [9.17, 15) is 9.59 Å². The van der Waals surface area contributed by atoms with Crippen LogP contribution in [0.4, 0.5) is 5.69 Å². The van der Waals surface area contributed by atoms with Crippen molar-refractivity contribution >= 4 is 17.5 Å². The first kappa shape index (κ1) is 20.1. The fraction of sp³-hybridized carbons (Fsp3) is 0.417. The highest BCUT2D eigenvalue weighted by Crippen LogP contribution is 2.30. The zero-order chi connectivity index (χ0) is 20.1. The molecule has 28 heavy (non-hydrogen) atoms. The second-order valence-electron chi connectivity index (χ2n) is 7.95. The summed E-state index contributed by atoms with van der Waals surface area (Å²) in [5, 5.41) is 3.08. The molecule has 1 aliphatic heterocycles. The number of fused-ring (bicyclic) bond motifs is 1. The quantitative estimate of drug-likeness (QED) is 0.775. The van der Waals surface area contributed by atoms with Gasteiger partial charge >= 0.3 is 0 Å². The number of amides is 2. The van der Waals surface area contributed by atoms with Gasteiger partial charge in [-0.15, -0.1) is 0 Å². The Morgan fingerprint density at radius 1 is 1.11 bits per heavy atom. The molecule has 1 aliphatic rings. The van der Waals surface area contributed by atoms with Crippen LogP contribution in [-0.2, 0) is 22.6 Å². The molecule has 0 saturated heterocycles. The Balaban J connectivity index is 1.63. The van der Waals surface area contributed by atoms with Crippen LogP contribution in [-0.4, -0.2) is 18.4 Å². The van der Waals surface area contributed by atoms with Crippen LogP contribution in [0.3, 0.4) is 0 Å². The number of rotatable bonds is 7. The molecule has 0 fully saturated rings. The van der Waals surface area contributed by atoms with Gasteiger partial charge in [0.15, 0.2) is 0 Å². The van der Waals surface area contributed by atoms with Crippen LogP contribution in [0.15, 0.2) is 48.5 Å². The lowest BCUT2D eigenvalue weighted by atomic mass is 9.95. The maximum absolute atomic E-state index is 12.7. The fourth-order valence-electron chi connectivity index (χ4n) is 3.85. The molecule has 2 aromatic carbocycles.